The van der Waals surface area contributed by atoms with Gasteiger partial charge in [0.15, 0.2) is 0 Å². The van der Waals surface area contributed by atoms with E-state index in [4.69, 9.17) is 5.84 Å². The third-order valence-electron chi connectivity index (χ3n) is 2.98. The molecule has 0 fully saturated rings. The monoisotopic (exact) mass is 302 g/mol. The van der Waals surface area contributed by atoms with Gasteiger partial charge in [-0.1, -0.05) is 18.2 Å². The van der Waals surface area contributed by atoms with E-state index in [-0.39, 0.29) is 5.56 Å². The summed E-state index contributed by atoms with van der Waals surface area (Å²) in [5, 5.41) is 0. The lowest BCUT2D eigenvalue weighted by molar-refractivity contribution is -0.140. The van der Waals surface area contributed by atoms with Crippen LogP contribution in [0.25, 0.3) is 0 Å². The van der Waals surface area contributed by atoms with Crippen LogP contribution in [0.5, 0.6) is 0 Å². The molecule has 112 valence electrons. The van der Waals surface area contributed by atoms with E-state index in [9.17, 15) is 22.0 Å². The lowest BCUT2D eigenvalue weighted by Gasteiger charge is -2.18. The molecule has 0 aliphatic heterocycles. The first-order chi connectivity index (χ1) is 9.82. The second-order valence-corrected chi connectivity index (χ2v) is 4.39. The summed E-state index contributed by atoms with van der Waals surface area (Å²) in [6.07, 6.45) is -4.77. The highest BCUT2D eigenvalue weighted by Crippen LogP contribution is 2.33. The molecule has 1 atom stereocenters. The molecule has 0 aliphatic carbocycles. The molecule has 2 aromatic rings. The quantitative estimate of drug-likeness (QED) is 0.517. The summed E-state index contributed by atoms with van der Waals surface area (Å²) in [6, 6.07) is 6.98. The number of nitrogens with two attached hydrogens (primary N) is 1. The largest absolute Gasteiger partial charge is 0.419 e. The fourth-order valence-electron chi connectivity index (χ4n) is 2.01. The molecule has 0 aromatic heterocycles. The van der Waals surface area contributed by atoms with Gasteiger partial charge < -0.3 is 0 Å². The Labute approximate surface area is 117 Å². The molecule has 0 bridgehead atoms. The average Bonchev–Trinajstić information content (AvgIpc) is 2.38. The first-order valence-electron chi connectivity index (χ1n) is 5.91. The average molecular weight is 302 g/mol. The van der Waals surface area contributed by atoms with Gasteiger partial charge in [-0.3, -0.25) is 5.84 Å². The van der Waals surface area contributed by atoms with E-state index in [1.54, 1.807) is 0 Å². The van der Waals surface area contributed by atoms with Gasteiger partial charge in [0, 0.05) is 0 Å². The van der Waals surface area contributed by atoms with E-state index in [1.165, 1.54) is 24.3 Å². The van der Waals surface area contributed by atoms with Gasteiger partial charge in [0.1, 0.15) is 11.6 Å². The van der Waals surface area contributed by atoms with Crippen LogP contribution in [0.15, 0.2) is 42.5 Å². The van der Waals surface area contributed by atoms with Crippen LogP contribution < -0.4 is 11.3 Å². The van der Waals surface area contributed by atoms with Gasteiger partial charge in [0.2, 0.25) is 0 Å². The van der Waals surface area contributed by atoms with Gasteiger partial charge in [0.25, 0.3) is 0 Å². The maximum Gasteiger partial charge on any atom is 0.419 e. The summed E-state index contributed by atoms with van der Waals surface area (Å²) >= 11 is 0. The third kappa shape index (κ3) is 3.37. The van der Waals surface area contributed by atoms with Crippen molar-refractivity contribution >= 4 is 0 Å². The van der Waals surface area contributed by atoms with Crippen LogP contribution in [-0.4, -0.2) is 0 Å². The minimum absolute atomic E-state index is 0.161. The molecule has 2 aromatic carbocycles. The third-order valence-corrected chi connectivity index (χ3v) is 2.98. The summed E-state index contributed by atoms with van der Waals surface area (Å²) in [5.41, 5.74) is 1.51. The second kappa shape index (κ2) is 5.79. The van der Waals surface area contributed by atoms with Crippen LogP contribution in [0.1, 0.15) is 22.7 Å². The Morgan fingerprint density at radius 1 is 0.952 bits per heavy atom. The normalized spacial score (nSPS) is 13.2. The fourth-order valence-corrected chi connectivity index (χ4v) is 2.01. The number of alkyl halides is 3. The van der Waals surface area contributed by atoms with Gasteiger partial charge in [-0.05, 0) is 35.4 Å². The molecule has 0 saturated heterocycles. The Balaban J connectivity index is 2.42. The van der Waals surface area contributed by atoms with Crippen molar-refractivity contribution in [3.63, 3.8) is 0 Å². The molecule has 0 radical (unpaired) electrons. The van der Waals surface area contributed by atoms with E-state index in [1.807, 2.05) is 0 Å². The molecule has 0 aliphatic rings. The van der Waals surface area contributed by atoms with E-state index in [2.05, 4.69) is 5.43 Å². The zero-order chi connectivity index (χ0) is 15.6. The smallest absolute Gasteiger partial charge is 0.271 e. The zero-order valence-electron chi connectivity index (χ0n) is 10.6. The number of benzene rings is 2. The van der Waals surface area contributed by atoms with Gasteiger partial charge in [-0.25, -0.2) is 14.2 Å². The molecule has 0 spiro atoms. The zero-order valence-corrected chi connectivity index (χ0v) is 10.6. The number of hydrazine groups is 1. The Hall–Kier alpha value is -1.99. The van der Waals surface area contributed by atoms with Crippen LogP contribution in [-0.2, 0) is 6.18 Å². The summed E-state index contributed by atoms with van der Waals surface area (Å²) in [5.74, 6) is 3.41. The predicted molar refractivity (Wildman–Crippen MR) is 67.0 cm³/mol. The Bertz CT molecular complexity index is 640. The SMILES string of the molecule is NNC(c1cccc(F)c1)c1ccc(C(F)(F)F)c(F)c1. The molecule has 3 N–H and O–H groups in total. The van der Waals surface area contributed by atoms with Gasteiger partial charge in [0.05, 0.1) is 11.6 Å². The van der Waals surface area contributed by atoms with Crippen molar-refractivity contribution in [1.29, 1.82) is 0 Å². The highest BCUT2D eigenvalue weighted by Gasteiger charge is 2.34. The molecule has 2 nitrogen and oxygen atoms in total. The maximum atomic E-state index is 13.6. The highest BCUT2D eigenvalue weighted by molar-refractivity contribution is 5.35. The molecule has 0 heterocycles. The van der Waals surface area contributed by atoms with Crippen molar-refractivity contribution < 1.29 is 22.0 Å². The van der Waals surface area contributed by atoms with Gasteiger partial charge in [-0.15, -0.1) is 0 Å². The maximum absolute atomic E-state index is 13.6. The number of hydrogen-bond acceptors (Lipinski definition) is 2. The van der Waals surface area contributed by atoms with Gasteiger partial charge >= 0.3 is 6.18 Å². The van der Waals surface area contributed by atoms with Crippen LogP contribution in [0.3, 0.4) is 0 Å². The van der Waals surface area contributed by atoms with Crippen LogP contribution in [0.2, 0.25) is 0 Å². The van der Waals surface area contributed by atoms with Crippen molar-refractivity contribution in [1.82, 2.24) is 5.43 Å². The molecule has 1 unspecified atom stereocenters. The summed E-state index contributed by atoms with van der Waals surface area (Å²) in [4.78, 5) is 0. The molecule has 0 amide bonds. The Morgan fingerprint density at radius 2 is 1.62 bits per heavy atom. The van der Waals surface area contributed by atoms with Crippen molar-refractivity contribution in [2.45, 2.75) is 12.2 Å². The number of rotatable bonds is 3. The summed E-state index contributed by atoms with van der Waals surface area (Å²) in [6.45, 7) is 0. The number of hydrogen-bond donors (Lipinski definition) is 2. The molecule has 0 saturated carbocycles. The molecular formula is C14H11F5N2. The lowest BCUT2D eigenvalue weighted by Crippen LogP contribution is -2.29. The van der Waals surface area contributed by atoms with Crippen molar-refractivity contribution in [3.05, 3.63) is 70.8 Å². The van der Waals surface area contributed by atoms with Crippen molar-refractivity contribution in [2.75, 3.05) is 0 Å². The minimum Gasteiger partial charge on any atom is -0.271 e. The standard InChI is InChI=1S/C14H11F5N2/c15-10-3-1-2-8(6-10)13(21-20)9-4-5-11(12(16)7-9)14(17,18)19/h1-7,13,21H,20H2. The van der Waals surface area contributed by atoms with E-state index in [0.717, 1.165) is 12.1 Å². The van der Waals surface area contributed by atoms with Crippen LogP contribution in [0, 0.1) is 11.6 Å². The van der Waals surface area contributed by atoms with E-state index >= 15 is 0 Å². The minimum atomic E-state index is -4.77. The topological polar surface area (TPSA) is 38.0 Å². The Kier molecular flexibility index (Phi) is 4.24. The van der Waals surface area contributed by atoms with E-state index < -0.39 is 29.4 Å². The molecule has 2 rings (SSSR count). The van der Waals surface area contributed by atoms with Crippen molar-refractivity contribution in [2.24, 2.45) is 5.84 Å². The first-order valence-corrected chi connectivity index (χ1v) is 5.91. The molecule has 21 heavy (non-hydrogen) atoms. The lowest BCUT2D eigenvalue weighted by atomic mass is 9.98. The number of nitrogens with one attached hydrogen (secondary N) is 1. The first kappa shape index (κ1) is 15.4. The molecular weight excluding hydrogens is 291 g/mol. The Morgan fingerprint density at radius 3 is 2.14 bits per heavy atom. The molecule has 7 heteroatoms. The fraction of sp³-hybridized carbons (Fsp3) is 0.143. The summed E-state index contributed by atoms with van der Waals surface area (Å²) < 4.78 is 64.3. The van der Waals surface area contributed by atoms with Gasteiger partial charge in [-0.2, -0.15) is 13.2 Å². The van der Waals surface area contributed by atoms with Crippen LogP contribution in [0.4, 0.5) is 22.0 Å². The van der Waals surface area contributed by atoms with Crippen molar-refractivity contribution in [3.8, 4) is 0 Å². The number of halogens is 5. The second-order valence-electron chi connectivity index (χ2n) is 4.39. The highest BCUT2D eigenvalue weighted by atomic mass is 19.4. The predicted octanol–water partition coefficient (Wildman–Crippen LogP) is 3.54. The van der Waals surface area contributed by atoms with Crippen LogP contribution >= 0.6 is 0 Å². The van der Waals surface area contributed by atoms with E-state index in [0.29, 0.717) is 11.6 Å². The summed E-state index contributed by atoms with van der Waals surface area (Å²) in [7, 11) is 0.